The summed E-state index contributed by atoms with van der Waals surface area (Å²) in [4.78, 5) is 12.1. The number of allylic oxidation sites excluding steroid dienone is 4. The van der Waals surface area contributed by atoms with Gasteiger partial charge in [-0.15, -0.1) is 0 Å². The van der Waals surface area contributed by atoms with Crippen LogP contribution in [0.2, 0.25) is 0 Å². The van der Waals surface area contributed by atoms with Crippen molar-refractivity contribution in [2.24, 2.45) is 11.3 Å². The van der Waals surface area contributed by atoms with Crippen LogP contribution < -0.4 is 5.32 Å². The lowest BCUT2D eigenvalue weighted by atomic mass is 9.64. The summed E-state index contributed by atoms with van der Waals surface area (Å²) in [7, 11) is 0. The highest BCUT2D eigenvalue weighted by Gasteiger charge is 2.60. The van der Waals surface area contributed by atoms with Crippen molar-refractivity contribution in [1.29, 1.82) is 10.5 Å². The monoisotopic (exact) mass is 407 g/mol. The van der Waals surface area contributed by atoms with Gasteiger partial charge >= 0.3 is 6.09 Å². The first-order chi connectivity index (χ1) is 14.1. The van der Waals surface area contributed by atoms with Gasteiger partial charge in [-0.3, -0.25) is 0 Å². The van der Waals surface area contributed by atoms with Crippen LogP contribution in [0.3, 0.4) is 0 Å². The Morgan fingerprint density at radius 1 is 1.30 bits per heavy atom. The first-order valence-electron chi connectivity index (χ1n) is 10.1. The van der Waals surface area contributed by atoms with E-state index in [1.807, 2.05) is 36.4 Å². The molecule has 1 N–H and O–H groups in total. The van der Waals surface area contributed by atoms with Crippen LogP contribution in [0.25, 0.3) is 5.57 Å². The number of carbonyl (C=O) groups is 1. The predicted molar refractivity (Wildman–Crippen MR) is 112 cm³/mol. The van der Waals surface area contributed by atoms with Crippen LogP contribution in [-0.2, 0) is 4.74 Å². The Morgan fingerprint density at radius 3 is 2.50 bits per heavy atom. The van der Waals surface area contributed by atoms with Crippen LogP contribution in [0.15, 0.2) is 48.6 Å². The molecule has 5 nitrogen and oxygen atoms in total. The SMILES string of the molecule is CC(C)(C)OC(=O)NC(C#N)CC1(C#N)C=CC(c2ccccc2)=CC1(F)C1CC1. The maximum atomic E-state index is 16.5. The number of nitrogens with one attached hydrogen (secondary N) is 1. The Bertz CT molecular complexity index is 947. The van der Waals surface area contributed by atoms with Gasteiger partial charge in [0.2, 0.25) is 0 Å². The molecular weight excluding hydrogens is 381 g/mol. The molecule has 0 heterocycles. The van der Waals surface area contributed by atoms with Crippen molar-refractivity contribution >= 4 is 11.7 Å². The second-order valence-corrected chi connectivity index (χ2v) is 8.96. The Morgan fingerprint density at radius 2 is 1.97 bits per heavy atom. The van der Waals surface area contributed by atoms with Gasteiger partial charge in [0.15, 0.2) is 5.67 Å². The van der Waals surface area contributed by atoms with Crippen LogP contribution in [0.4, 0.5) is 9.18 Å². The van der Waals surface area contributed by atoms with E-state index in [4.69, 9.17) is 4.74 Å². The molecule has 0 bridgehead atoms. The van der Waals surface area contributed by atoms with E-state index in [0.717, 1.165) is 5.56 Å². The summed E-state index contributed by atoms with van der Waals surface area (Å²) >= 11 is 0. The van der Waals surface area contributed by atoms with Crippen LogP contribution in [0.1, 0.15) is 45.6 Å². The van der Waals surface area contributed by atoms with E-state index in [1.54, 1.807) is 32.9 Å². The van der Waals surface area contributed by atoms with E-state index in [2.05, 4.69) is 11.4 Å². The number of hydrogen-bond donors (Lipinski definition) is 1. The highest BCUT2D eigenvalue weighted by Crippen LogP contribution is 2.57. The largest absolute Gasteiger partial charge is 0.444 e. The zero-order valence-electron chi connectivity index (χ0n) is 17.5. The Balaban J connectivity index is 1.89. The highest BCUT2D eigenvalue weighted by atomic mass is 19.1. The minimum Gasteiger partial charge on any atom is -0.444 e. The number of ether oxygens (including phenoxy) is 1. The van der Waals surface area contributed by atoms with E-state index in [0.29, 0.717) is 18.4 Å². The van der Waals surface area contributed by atoms with E-state index in [9.17, 15) is 15.3 Å². The van der Waals surface area contributed by atoms with Crippen molar-refractivity contribution in [2.75, 3.05) is 0 Å². The van der Waals surface area contributed by atoms with Crippen molar-refractivity contribution in [3.8, 4) is 12.1 Å². The van der Waals surface area contributed by atoms with Crippen molar-refractivity contribution in [2.45, 2.75) is 57.3 Å². The van der Waals surface area contributed by atoms with Gasteiger partial charge in [0.1, 0.15) is 17.1 Å². The third kappa shape index (κ3) is 4.39. The van der Waals surface area contributed by atoms with Crippen LogP contribution in [-0.4, -0.2) is 23.4 Å². The van der Waals surface area contributed by atoms with Gasteiger partial charge in [0, 0.05) is 6.42 Å². The molecule has 3 unspecified atom stereocenters. The number of alkyl halides is 1. The van der Waals surface area contributed by atoms with E-state index in [1.165, 1.54) is 6.08 Å². The quantitative estimate of drug-likeness (QED) is 0.738. The van der Waals surface area contributed by atoms with Gasteiger partial charge in [-0.25, -0.2) is 9.18 Å². The van der Waals surface area contributed by atoms with Crippen LogP contribution in [0, 0.1) is 34.0 Å². The summed E-state index contributed by atoms with van der Waals surface area (Å²) in [5.41, 5.74) is -2.63. The second kappa shape index (κ2) is 7.95. The molecule has 156 valence electrons. The van der Waals surface area contributed by atoms with Gasteiger partial charge in [0.25, 0.3) is 0 Å². The molecule has 0 aliphatic heterocycles. The fourth-order valence-corrected chi connectivity index (χ4v) is 3.85. The molecule has 1 aromatic carbocycles. The molecule has 0 spiro atoms. The van der Waals surface area contributed by atoms with E-state index < -0.39 is 28.8 Å². The number of amides is 1. The maximum Gasteiger partial charge on any atom is 0.408 e. The third-order valence-electron chi connectivity index (χ3n) is 5.45. The van der Waals surface area contributed by atoms with Crippen molar-refractivity contribution < 1.29 is 13.9 Å². The molecule has 1 amide bonds. The van der Waals surface area contributed by atoms with Gasteiger partial charge in [0.05, 0.1) is 12.1 Å². The van der Waals surface area contributed by atoms with Gasteiger partial charge in [-0.2, -0.15) is 10.5 Å². The summed E-state index contributed by atoms with van der Waals surface area (Å²) in [6, 6.07) is 12.5. The normalized spacial score (nSPS) is 26.7. The molecule has 3 atom stereocenters. The summed E-state index contributed by atoms with van der Waals surface area (Å²) in [5, 5.41) is 22.1. The molecule has 0 aromatic heterocycles. The minimum atomic E-state index is -1.92. The number of rotatable bonds is 5. The van der Waals surface area contributed by atoms with Crippen molar-refractivity contribution in [3.05, 3.63) is 54.1 Å². The third-order valence-corrected chi connectivity index (χ3v) is 5.45. The van der Waals surface area contributed by atoms with Crippen LogP contribution in [0.5, 0.6) is 0 Å². The summed E-state index contributed by atoms with van der Waals surface area (Å²) < 4.78 is 21.7. The summed E-state index contributed by atoms with van der Waals surface area (Å²) in [6.07, 6.45) is 5.27. The fourth-order valence-electron chi connectivity index (χ4n) is 3.85. The van der Waals surface area contributed by atoms with Crippen LogP contribution >= 0.6 is 0 Å². The number of alkyl carbamates (subject to hydrolysis) is 1. The molecular formula is C24H26FN3O2. The number of nitriles is 2. The molecule has 3 rings (SSSR count). The number of nitrogens with zero attached hydrogens (tertiary/aromatic N) is 2. The highest BCUT2D eigenvalue weighted by molar-refractivity contribution is 5.77. The second-order valence-electron chi connectivity index (χ2n) is 8.96. The van der Waals surface area contributed by atoms with Gasteiger partial charge in [-0.1, -0.05) is 42.5 Å². The smallest absolute Gasteiger partial charge is 0.408 e. The zero-order valence-corrected chi connectivity index (χ0v) is 17.5. The topological polar surface area (TPSA) is 85.9 Å². The average Bonchev–Trinajstić information content (AvgIpc) is 3.54. The van der Waals surface area contributed by atoms with Crippen molar-refractivity contribution in [3.63, 3.8) is 0 Å². The molecule has 2 aliphatic carbocycles. The molecule has 30 heavy (non-hydrogen) atoms. The summed E-state index contributed by atoms with van der Waals surface area (Å²) in [6.45, 7) is 5.14. The Kier molecular flexibility index (Phi) is 5.72. The van der Waals surface area contributed by atoms with Crippen molar-refractivity contribution in [1.82, 2.24) is 5.32 Å². The molecule has 1 fully saturated rings. The summed E-state index contributed by atoms with van der Waals surface area (Å²) in [5.74, 6) is -0.290. The fraction of sp³-hybridized carbons (Fsp3) is 0.458. The van der Waals surface area contributed by atoms with Gasteiger partial charge in [-0.05, 0) is 56.7 Å². The lowest BCUT2D eigenvalue weighted by molar-refractivity contribution is 0.0468. The Hall–Kier alpha value is -3.12. The average molecular weight is 407 g/mol. The maximum absolute atomic E-state index is 16.5. The Labute approximate surface area is 176 Å². The van der Waals surface area contributed by atoms with E-state index >= 15 is 4.39 Å². The zero-order chi connectivity index (χ0) is 22.0. The molecule has 6 heteroatoms. The number of carbonyl (C=O) groups excluding carboxylic acids is 1. The lowest BCUT2D eigenvalue weighted by Crippen LogP contribution is -2.49. The van der Waals surface area contributed by atoms with E-state index in [-0.39, 0.29) is 12.3 Å². The standard InChI is InChI=1S/C24H26FN3O2/c1-22(2,3)30-21(29)28-20(15-26)14-23(16-27)12-11-18(17-7-5-4-6-8-17)13-24(23,25)19-9-10-19/h4-8,11-13,19-20H,9-10,14H2,1-3H3,(H,28,29). The van der Waals surface area contributed by atoms with Gasteiger partial charge < -0.3 is 10.1 Å². The molecule has 1 saturated carbocycles. The molecule has 1 aromatic rings. The molecule has 2 aliphatic rings. The molecule has 0 saturated heterocycles. The molecule has 0 radical (unpaired) electrons. The first kappa shape index (κ1) is 21.6. The minimum absolute atomic E-state index is 0.165. The number of hydrogen-bond acceptors (Lipinski definition) is 4. The number of benzene rings is 1. The lowest BCUT2D eigenvalue weighted by Gasteiger charge is -2.41. The first-order valence-corrected chi connectivity index (χ1v) is 10.1. The predicted octanol–water partition coefficient (Wildman–Crippen LogP) is 5.08. The number of halogens is 1.